The molecule has 65 heavy (non-hydrogen) atoms. The average molecular weight is 897 g/mol. The van der Waals surface area contributed by atoms with E-state index in [9.17, 15) is 14.4 Å². The number of ether oxygens (including phenoxy) is 3. The lowest BCUT2D eigenvalue weighted by molar-refractivity contribution is -0.167. The molecule has 0 rings (SSSR count). The van der Waals surface area contributed by atoms with E-state index in [0.717, 1.165) is 103 Å². The Balaban J connectivity index is 4.55. The van der Waals surface area contributed by atoms with E-state index in [-0.39, 0.29) is 31.1 Å². The molecule has 0 radical (unpaired) electrons. The molecular weight excluding hydrogens is 805 g/mol. The van der Waals surface area contributed by atoms with Gasteiger partial charge in [0, 0.05) is 19.3 Å². The van der Waals surface area contributed by atoms with Crippen molar-refractivity contribution >= 4 is 17.9 Å². The minimum absolute atomic E-state index is 0.111. The number of unbranched alkanes of at least 4 members (excludes halogenated alkanes) is 19. The summed E-state index contributed by atoms with van der Waals surface area (Å²) < 4.78 is 16.7. The Morgan fingerprint density at radius 3 is 1.00 bits per heavy atom. The zero-order chi connectivity index (χ0) is 47.2. The van der Waals surface area contributed by atoms with E-state index in [1.165, 1.54) is 57.8 Å². The molecule has 0 aliphatic heterocycles. The van der Waals surface area contributed by atoms with Crippen LogP contribution in [0.15, 0.2) is 134 Å². The molecule has 364 valence electrons. The zero-order valence-electron chi connectivity index (χ0n) is 41.4. The van der Waals surface area contributed by atoms with Crippen molar-refractivity contribution in [3.05, 3.63) is 134 Å². The quantitative estimate of drug-likeness (QED) is 0.0199. The van der Waals surface area contributed by atoms with Crippen molar-refractivity contribution in [3.63, 3.8) is 0 Å². The van der Waals surface area contributed by atoms with Crippen LogP contribution in [0.5, 0.6) is 0 Å². The SMILES string of the molecule is CC\C=C/C=C\C=C/C=C\C=C\C=C/C=C\CCCCCC(=O)OCC(COC(=O)CCCCC/C=C\CCCCCCCC)OC(=O)CCCCCCCCC\C=C/C=C\C=C/CC. The summed E-state index contributed by atoms with van der Waals surface area (Å²) >= 11 is 0. The van der Waals surface area contributed by atoms with Gasteiger partial charge < -0.3 is 14.2 Å². The number of rotatable bonds is 44. The molecular formula is C59H92O6. The summed E-state index contributed by atoms with van der Waals surface area (Å²) in [7, 11) is 0. The third-order valence-corrected chi connectivity index (χ3v) is 10.4. The second kappa shape index (κ2) is 52.2. The fourth-order valence-electron chi connectivity index (χ4n) is 6.54. The molecule has 0 N–H and O–H groups in total. The lowest BCUT2D eigenvalue weighted by atomic mass is 10.1. The molecule has 0 aliphatic carbocycles. The Morgan fingerprint density at radius 1 is 0.323 bits per heavy atom. The standard InChI is InChI=1S/C59H92O6/c1-4-7-10-13-16-19-22-25-27-28-29-30-32-34-37-40-43-46-49-52-58(61)64-55-56(54-63-57(60)51-48-45-42-39-36-33-24-21-18-15-12-9-6-3)65-59(62)53-50-47-44-41-38-35-31-26-23-20-17-14-11-8-5-2/h7-8,10-11,13-14,16-17,19-20,22-23,25,27-30,32-34,36-37,56H,4-6,9,12,15,18,21,24,26,31,35,38-55H2,1-3H3/b10-7-,11-8-,16-13-,17-14-,22-19-,23-20-,27-25-,29-28+,32-30-,36-33-,37-34-. The highest BCUT2D eigenvalue weighted by Crippen LogP contribution is 2.13. The summed E-state index contributed by atoms with van der Waals surface area (Å²) in [6.07, 6.45) is 72.8. The lowest BCUT2D eigenvalue weighted by Crippen LogP contribution is -2.30. The third kappa shape index (κ3) is 50.4. The molecule has 0 aliphatic rings. The maximum Gasteiger partial charge on any atom is 0.306 e. The fraction of sp³-hybridized carbons (Fsp3) is 0.576. The van der Waals surface area contributed by atoms with E-state index < -0.39 is 6.10 Å². The van der Waals surface area contributed by atoms with Gasteiger partial charge in [-0.1, -0.05) is 231 Å². The van der Waals surface area contributed by atoms with Gasteiger partial charge in [-0.25, -0.2) is 0 Å². The van der Waals surface area contributed by atoms with Crippen LogP contribution in [0.4, 0.5) is 0 Å². The second-order valence-electron chi connectivity index (χ2n) is 16.6. The Morgan fingerprint density at radius 2 is 0.615 bits per heavy atom. The van der Waals surface area contributed by atoms with E-state index in [0.29, 0.717) is 19.3 Å². The normalized spacial score (nSPS) is 13.2. The van der Waals surface area contributed by atoms with Crippen LogP contribution in [0.25, 0.3) is 0 Å². The van der Waals surface area contributed by atoms with Gasteiger partial charge in [-0.05, 0) is 83.5 Å². The van der Waals surface area contributed by atoms with Crippen molar-refractivity contribution in [1.29, 1.82) is 0 Å². The van der Waals surface area contributed by atoms with E-state index in [2.05, 4.69) is 81.5 Å². The van der Waals surface area contributed by atoms with Crippen molar-refractivity contribution in [2.24, 2.45) is 0 Å². The fourth-order valence-corrected chi connectivity index (χ4v) is 6.54. The van der Waals surface area contributed by atoms with Gasteiger partial charge in [0.1, 0.15) is 13.2 Å². The molecule has 0 aromatic heterocycles. The van der Waals surface area contributed by atoms with E-state index >= 15 is 0 Å². The average Bonchev–Trinajstić information content (AvgIpc) is 3.30. The summed E-state index contributed by atoms with van der Waals surface area (Å²) in [6.45, 7) is 6.27. The van der Waals surface area contributed by atoms with E-state index in [1.54, 1.807) is 0 Å². The predicted octanol–water partition coefficient (Wildman–Crippen LogP) is 17.1. The van der Waals surface area contributed by atoms with Gasteiger partial charge in [-0.2, -0.15) is 0 Å². The van der Waals surface area contributed by atoms with Gasteiger partial charge in [0.2, 0.25) is 0 Å². The molecule has 0 aromatic rings. The summed E-state index contributed by atoms with van der Waals surface area (Å²) in [5.74, 6) is -0.993. The van der Waals surface area contributed by atoms with Gasteiger partial charge in [0.15, 0.2) is 6.10 Å². The molecule has 0 saturated carbocycles. The monoisotopic (exact) mass is 897 g/mol. The Labute approximate surface area is 398 Å². The van der Waals surface area contributed by atoms with Crippen molar-refractivity contribution in [3.8, 4) is 0 Å². The maximum absolute atomic E-state index is 12.8. The molecule has 0 saturated heterocycles. The van der Waals surface area contributed by atoms with Crippen LogP contribution in [0.2, 0.25) is 0 Å². The lowest BCUT2D eigenvalue weighted by Gasteiger charge is -2.18. The minimum atomic E-state index is -0.814. The molecule has 0 amide bonds. The van der Waals surface area contributed by atoms with Crippen LogP contribution in [0, 0.1) is 0 Å². The van der Waals surface area contributed by atoms with Crippen molar-refractivity contribution in [2.45, 2.75) is 207 Å². The number of hydrogen-bond acceptors (Lipinski definition) is 6. The summed E-state index contributed by atoms with van der Waals surface area (Å²) in [6, 6.07) is 0. The predicted molar refractivity (Wildman–Crippen MR) is 279 cm³/mol. The molecule has 1 unspecified atom stereocenters. The highest BCUT2D eigenvalue weighted by Gasteiger charge is 2.19. The summed E-state index contributed by atoms with van der Waals surface area (Å²) in [5, 5.41) is 0. The smallest absolute Gasteiger partial charge is 0.306 e. The second-order valence-corrected chi connectivity index (χ2v) is 16.6. The van der Waals surface area contributed by atoms with Gasteiger partial charge in [0.05, 0.1) is 0 Å². The first-order valence-electron chi connectivity index (χ1n) is 25.8. The third-order valence-electron chi connectivity index (χ3n) is 10.4. The highest BCUT2D eigenvalue weighted by atomic mass is 16.6. The van der Waals surface area contributed by atoms with Gasteiger partial charge in [0.25, 0.3) is 0 Å². The van der Waals surface area contributed by atoms with Crippen LogP contribution in [0.1, 0.15) is 201 Å². The van der Waals surface area contributed by atoms with Crippen LogP contribution in [-0.2, 0) is 28.6 Å². The number of esters is 3. The molecule has 6 nitrogen and oxygen atoms in total. The first-order chi connectivity index (χ1) is 32.0. The molecule has 0 spiro atoms. The van der Waals surface area contributed by atoms with Crippen LogP contribution in [-0.4, -0.2) is 37.2 Å². The topological polar surface area (TPSA) is 78.9 Å². The van der Waals surface area contributed by atoms with Gasteiger partial charge >= 0.3 is 17.9 Å². The largest absolute Gasteiger partial charge is 0.462 e. The first-order valence-corrected chi connectivity index (χ1v) is 25.8. The van der Waals surface area contributed by atoms with Crippen molar-refractivity contribution in [1.82, 2.24) is 0 Å². The molecule has 6 heteroatoms. The Kier molecular flexibility index (Phi) is 48.6. The van der Waals surface area contributed by atoms with E-state index in [4.69, 9.17) is 14.2 Å². The minimum Gasteiger partial charge on any atom is -0.462 e. The van der Waals surface area contributed by atoms with Crippen LogP contribution in [0.3, 0.4) is 0 Å². The van der Waals surface area contributed by atoms with Crippen molar-refractivity contribution < 1.29 is 28.6 Å². The molecule has 1 atom stereocenters. The summed E-state index contributed by atoms with van der Waals surface area (Å²) in [4.78, 5) is 38.0. The van der Waals surface area contributed by atoms with Crippen LogP contribution < -0.4 is 0 Å². The number of allylic oxidation sites excluding steroid dienone is 22. The van der Waals surface area contributed by atoms with Gasteiger partial charge in [-0.15, -0.1) is 0 Å². The molecule has 0 fully saturated rings. The molecule has 0 heterocycles. The van der Waals surface area contributed by atoms with Crippen molar-refractivity contribution in [2.75, 3.05) is 13.2 Å². The first kappa shape index (κ1) is 60.5. The molecule has 0 aromatic carbocycles. The van der Waals surface area contributed by atoms with E-state index in [1.807, 2.05) is 72.9 Å². The Hall–Kier alpha value is -4.45. The van der Waals surface area contributed by atoms with Crippen LogP contribution >= 0.6 is 0 Å². The zero-order valence-corrected chi connectivity index (χ0v) is 41.4. The number of carbonyl (C=O) groups is 3. The molecule has 0 bridgehead atoms. The number of carbonyl (C=O) groups excluding carboxylic acids is 3. The maximum atomic E-state index is 12.8. The Bertz CT molecular complexity index is 1450. The van der Waals surface area contributed by atoms with Gasteiger partial charge in [-0.3, -0.25) is 14.4 Å². The highest BCUT2D eigenvalue weighted by molar-refractivity contribution is 5.71. The number of hydrogen-bond donors (Lipinski definition) is 0. The summed E-state index contributed by atoms with van der Waals surface area (Å²) in [5.41, 5.74) is 0.